The summed E-state index contributed by atoms with van der Waals surface area (Å²) in [6, 6.07) is 7.67. The van der Waals surface area contributed by atoms with Gasteiger partial charge in [-0.05, 0) is 36.8 Å². The second-order valence-corrected chi connectivity index (χ2v) is 7.93. The number of rotatable bonds is 6. The number of nitro groups is 1. The van der Waals surface area contributed by atoms with Crippen molar-refractivity contribution >= 4 is 40.5 Å². The van der Waals surface area contributed by atoms with Crippen molar-refractivity contribution in [1.82, 2.24) is 4.90 Å². The number of piperidine rings is 1. The van der Waals surface area contributed by atoms with E-state index in [1.165, 1.54) is 29.5 Å². The van der Waals surface area contributed by atoms with E-state index in [9.17, 15) is 24.5 Å². The minimum absolute atomic E-state index is 0.110. The van der Waals surface area contributed by atoms with Crippen LogP contribution in [0.4, 0.5) is 11.4 Å². The van der Waals surface area contributed by atoms with E-state index in [-0.39, 0.29) is 23.8 Å². The predicted octanol–water partition coefficient (Wildman–Crippen LogP) is 3.00. The van der Waals surface area contributed by atoms with Crippen LogP contribution < -0.4 is 5.32 Å². The highest BCUT2D eigenvalue weighted by Gasteiger charge is 2.30. The summed E-state index contributed by atoms with van der Waals surface area (Å²) in [6.07, 6.45) is 1.26. The van der Waals surface area contributed by atoms with Crippen LogP contribution >= 0.6 is 11.3 Å². The zero-order valence-electron chi connectivity index (χ0n) is 16.3. The molecular formula is C20H21N3O6S. The van der Waals surface area contributed by atoms with Gasteiger partial charge < -0.3 is 15.0 Å². The molecule has 0 aliphatic carbocycles. The quantitative estimate of drug-likeness (QED) is 0.427. The lowest BCUT2D eigenvalue weighted by Gasteiger charge is -2.31. The first-order valence-electron chi connectivity index (χ1n) is 9.39. The fourth-order valence-electron chi connectivity index (χ4n) is 3.21. The van der Waals surface area contributed by atoms with Crippen LogP contribution in [0.3, 0.4) is 0 Å². The number of nitro benzene ring substituents is 1. The van der Waals surface area contributed by atoms with Gasteiger partial charge in [0.25, 0.3) is 17.5 Å². The van der Waals surface area contributed by atoms with E-state index >= 15 is 0 Å². The zero-order chi connectivity index (χ0) is 21.7. The number of nitrogens with one attached hydrogen (secondary N) is 1. The van der Waals surface area contributed by atoms with E-state index in [2.05, 4.69) is 5.32 Å². The van der Waals surface area contributed by atoms with E-state index in [1.54, 1.807) is 24.0 Å². The Kier molecular flexibility index (Phi) is 6.78. The van der Waals surface area contributed by atoms with Crippen LogP contribution in [-0.4, -0.2) is 47.3 Å². The van der Waals surface area contributed by atoms with Crippen molar-refractivity contribution < 1.29 is 24.0 Å². The minimum atomic E-state index is -0.589. The highest BCUT2D eigenvalue weighted by molar-refractivity contribution is 7.12. The first-order valence-corrected chi connectivity index (χ1v) is 10.3. The third-order valence-corrected chi connectivity index (χ3v) is 5.68. The fraction of sp³-hybridized carbons (Fsp3) is 0.350. The minimum Gasteiger partial charge on any atom is -0.455 e. The van der Waals surface area contributed by atoms with Crippen LogP contribution in [0, 0.1) is 23.0 Å². The fourth-order valence-corrected chi connectivity index (χ4v) is 3.90. The molecule has 1 aromatic heterocycles. The lowest BCUT2D eigenvalue weighted by molar-refractivity contribution is -0.384. The Labute approximate surface area is 176 Å². The molecule has 1 aliphatic rings. The smallest absolute Gasteiger partial charge is 0.311 e. The number of aryl methyl sites for hydroxylation is 1. The topological polar surface area (TPSA) is 119 Å². The molecule has 1 unspecified atom stereocenters. The number of carbonyl (C=O) groups is 3. The van der Waals surface area contributed by atoms with Gasteiger partial charge in [-0.15, -0.1) is 11.3 Å². The molecule has 1 atom stereocenters. The zero-order valence-corrected chi connectivity index (χ0v) is 17.1. The lowest BCUT2D eigenvalue weighted by atomic mass is 9.98. The van der Waals surface area contributed by atoms with E-state index in [1.807, 2.05) is 5.38 Å². The number of hydrogen-bond donors (Lipinski definition) is 1. The Morgan fingerprint density at radius 2 is 2.13 bits per heavy atom. The number of ether oxygens (including phenoxy) is 1. The van der Waals surface area contributed by atoms with E-state index in [0.29, 0.717) is 29.8 Å². The van der Waals surface area contributed by atoms with Crippen LogP contribution in [0.1, 0.15) is 28.1 Å². The van der Waals surface area contributed by atoms with Crippen LogP contribution in [0.5, 0.6) is 0 Å². The summed E-state index contributed by atoms with van der Waals surface area (Å²) in [5.74, 6) is -1.73. The molecule has 1 aliphatic heterocycles. The Balaban J connectivity index is 1.52. The monoisotopic (exact) mass is 431 g/mol. The second kappa shape index (κ2) is 9.49. The number of amides is 2. The number of carbonyl (C=O) groups excluding carboxylic acids is 3. The molecule has 9 nitrogen and oxygen atoms in total. The van der Waals surface area contributed by atoms with Gasteiger partial charge in [-0.25, -0.2) is 0 Å². The Morgan fingerprint density at radius 1 is 1.33 bits per heavy atom. The summed E-state index contributed by atoms with van der Waals surface area (Å²) in [5.41, 5.74) is 0.788. The van der Waals surface area contributed by atoms with Gasteiger partial charge in [-0.2, -0.15) is 0 Å². The molecule has 30 heavy (non-hydrogen) atoms. The van der Waals surface area contributed by atoms with Gasteiger partial charge in [0.05, 0.1) is 21.4 Å². The van der Waals surface area contributed by atoms with Crippen molar-refractivity contribution in [2.24, 2.45) is 5.92 Å². The van der Waals surface area contributed by atoms with Crippen molar-refractivity contribution in [3.8, 4) is 0 Å². The molecule has 2 aromatic rings. The van der Waals surface area contributed by atoms with E-state index in [0.717, 1.165) is 0 Å². The Morgan fingerprint density at radius 3 is 2.83 bits per heavy atom. The van der Waals surface area contributed by atoms with Gasteiger partial charge in [0.2, 0.25) is 0 Å². The highest BCUT2D eigenvalue weighted by atomic mass is 32.1. The van der Waals surface area contributed by atoms with Crippen molar-refractivity contribution in [1.29, 1.82) is 0 Å². The van der Waals surface area contributed by atoms with Crippen molar-refractivity contribution in [2.45, 2.75) is 19.8 Å². The predicted molar refractivity (Wildman–Crippen MR) is 110 cm³/mol. The van der Waals surface area contributed by atoms with Gasteiger partial charge >= 0.3 is 5.97 Å². The molecule has 1 fully saturated rings. The number of hydrogen-bond acceptors (Lipinski definition) is 7. The number of thiophene rings is 1. The van der Waals surface area contributed by atoms with Crippen LogP contribution in [0.2, 0.25) is 0 Å². The standard InChI is InChI=1S/C20H21N3O6S/c1-13-6-7-15(23(27)28)10-16(13)21-18(24)12-29-20(26)14-4-2-8-22(11-14)19(25)17-5-3-9-30-17/h3,5-7,9-10,14H,2,4,8,11-12H2,1H3,(H,21,24). The molecule has 1 aromatic carbocycles. The average Bonchev–Trinajstić information content (AvgIpc) is 3.28. The van der Waals surface area contributed by atoms with Crippen LogP contribution in [-0.2, 0) is 14.3 Å². The van der Waals surface area contributed by atoms with Crippen molar-refractivity contribution in [3.05, 3.63) is 56.3 Å². The van der Waals surface area contributed by atoms with Crippen molar-refractivity contribution in [3.63, 3.8) is 0 Å². The maximum Gasteiger partial charge on any atom is 0.311 e. The average molecular weight is 431 g/mol. The molecule has 0 saturated carbocycles. The molecule has 158 valence electrons. The number of benzene rings is 1. The molecule has 10 heteroatoms. The number of likely N-dealkylation sites (tertiary alicyclic amines) is 1. The van der Waals surface area contributed by atoms with Gasteiger partial charge in [-0.1, -0.05) is 12.1 Å². The Hall–Kier alpha value is -3.27. The van der Waals surface area contributed by atoms with Gasteiger partial charge in [0, 0.05) is 25.2 Å². The van der Waals surface area contributed by atoms with Gasteiger partial charge in [0.15, 0.2) is 6.61 Å². The summed E-state index contributed by atoms with van der Waals surface area (Å²) in [5, 5.41) is 15.2. The molecule has 2 amide bonds. The Bertz CT molecular complexity index is 959. The first kappa shape index (κ1) is 21.4. The summed E-state index contributed by atoms with van der Waals surface area (Å²) >= 11 is 1.35. The third-order valence-electron chi connectivity index (χ3n) is 4.83. The molecule has 1 N–H and O–H groups in total. The summed E-state index contributed by atoms with van der Waals surface area (Å²) in [6.45, 7) is 2.02. The molecule has 3 rings (SSSR count). The SMILES string of the molecule is Cc1ccc([N+](=O)[O-])cc1NC(=O)COC(=O)C1CCCN(C(=O)c2cccs2)C1. The van der Waals surface area contributed by atoms with Gasteiger partial charge in [-0.3, -0.25) is 24.5 Å². The third kappa shape index (κ3) is 5.20. The normalized spacial score (nSPS) is 16.0. The molecule has 0 spiro atoms. The van der Waals surface area contributed by atoms with E-state index < -0.39 is 29.3 Å². The van der Waals surface area contributed by atoms with Crippen LogP contribution in [0.15, 0.2) is 35.7 Å². The number of anilines is 1. The summed E-state index contributed by atoms with van der Waals surface area (Å²) in [7, 11) is 0. The molecule has 0 radical (unpaired) electrons. The summed E-state index contributed by atoms with van der Waals surface area (Å²) in [4.78, 5) is 49.6. The van der Waals surface area contributed by atoms with Crippen molar-refractivity contribution in [2.75, 3.05) is 25.0 Å². The molecule has 0 bridgehead atoms. The largest absolute Gasteiger partial charge is 0.455 e. The maximum absolute atomic E-state index is 12.5. The molecular weight excluding hydrogens is 410 g/mol. The maximum atomic E-state index is 12.5. The number of non-ortho nitro benzene ring substituents is 1. The lowest BCUT2D eigenvalue weighted by Crippen LogP contribution is -2.43. The van der Waals surface area contributed by atoms with E-state index in [4.69, 9.17) is 4.74 Å². The van der Waals surface area contributed by atoms with Crippen LogP contribution in [0.25, 0.3) is 0 Å². The molecule has 2 heterocycles. The number of nitrogens with zero attached hydrogens (tertiary/aromatic N) is 2. The summed E-state index contributed by atoms with van der Waals surface area (Å²) < 4.78 is 5.13. The second-order valence-electron chi connectivity index (χ2n) is 6.98. The van der Waals surface area contributed by atoms with Gasteiger partial charge in [0.1, 0.15) is 0 Å². The first-order chi connectivity index (χ1) is 14.3. The highest BCUT2D eigenvalue weighted by Crippen LogP contribution is 2.23. The number of esters is 1. The molecule has 1 saturated heterocycles.